The number of carbonyl (C=O) groups is 1. The number of amides is 1. The SMILES string of the molecule is CS(=O)(=O)NC[C@@H]1CCCCN1C(=O)/C=C\c1ccccc1F. The molecule has 0 aliphatic carbocycles. The fourth-order valence-electron chi connectivity index (χ4n) is 2.62. The van der Waals surface area contributed by atoms with Crippen LogP contribution in [0.4, 0.5) is 4.39 Å². The van der Waals surface area contributed by atoms with Gasteiger partial charge in [-0.3, -0.25) is 4.79 Å². The molecule has 0 bridgehead atoms. The maximum Gasteiger partial charge on any atom is 0.246 e. The highest BCUT2D eigenvalue weighted by molar-refractivity contribution is 7.88. The molecule has 1 fully saturated rings. The molecule has 1 N–H and O–H groups in total. The lowest BCUT2D eigenvalue weighted by Crippen LogP contribution is -2.48. The fraction of sp³-hybridized carbons (Fsp3) is 0.438. The van der Waals surface area contributed by atoms with Crippen LogP contribution >= 0.6 is 0 Å². The van der Waals surface area contributed by atoms with Gasteiger partial charge < -0.3 is 4.90 Å². The van der Waals surface area contributed by atoms with Gasteiger partial charge in [-0.1, -0.05) is 18.2 Å². The summed E-state index contributed by atoms with van der Waals surface area (Å²) in [6, 6.07) is 6.05. The third-order valence-corrected chi connectivity index (χ3v) is 4.49. The third-order valence-electron chi connectivity index (χ3n) is 3.80. The molecule has 0 aromatic heterocycles. The molecule has 5 nitrogen and oxygen atoms in total. The number of hydrogen-bond acceptors (Lipinski definition) is 3. The van der Waals surface area contributed by atoms with E-state index in [1.807, 2.05) is 0 Å². The van der Waals surface area contributed by atoms with Gasteiger partial charge in [0.05, 0.1) is 6.26 Å². The maximum absolute atomic E-state index is 13.6. The van der Waals surface area contributed by atoms with Crippen LogP contribution in [0.15, 0.2) is 30.3 Å². The number of halogens is 1. The largest absolute Gasteiger partial charge is 0.335 e. The van der Waals surface area contributed by atoms with Crippen molar-refractivity contribution in [3.8, 4) is 0 Å². The lowest BCUT2D eigenvalue weighted by Gasteiger charge is -2.35. The molecule has 7 heteroatoms. The zero-order chi connectivity index (χ0) is 16.9. The van der Waals surface area contributed by atoms with Gasteiger partial charge in [-0.25, -0.2) is 17.5 Å². The second-order valence-corrected chi connectivity index (χ2v) is 7.49. The van der Waals surface area contributed by atoms with E-state index in [0.717, 1.165) is 25.5 Å². The lowest BCUT2D eigenvalue weighted by molar-refractivity contribution is -0.129. The van der Waals surface area contributed by atoms with Gasteiger partial charge in [0, 0.05) is 30.8 Å². The Morgan fingerprint density at radius 3 is 2.83 bits per heavy atom. The van der Waals surface area contributed by atoms with Crippen molar-refractivity contribution in [1.29, 1.82) is 0 Å². The summed E-state index contributed by atoms with van der Waals surface area (Å²) in [6.45, 7) is 0.786. The zero-order valence-electron chi connectivity index (χ0n) is 13.0. The van der Waals surface area contributed by atoms with Crippen LogP contribution in [0.25, 0.3) is 6.08 Å². The van der Waals surface area contributed by atoms with Crippen LogP contribution in [0.5, 0.6) is 0 Å². The molecule has 1 aromatic carbocycles. The van der Waals surface area contributed by atoms with E-state index in [0.29, 0.717) is 12.1 Å². The second-order valence-electron chi connectivity index (χ2n) is 5.66. The van der Waals surface area contributed by atoms with E-state index in [4.69, 9.17) is 0 Å². The van der Waals surface area contributed by atoms with Crippen molar-refractivity contribution in [3.63, 3.8) is 0 Å². The van der Waals surface area contributed by atoms with Gasteiger partial charge >= 0.3 is 0 Å². The molecule has 1 atom stereocenters. The number of nitrogens with one attached hydrogen (secondary N) is 1. The molecule has 1 aromatic rings. The van der Waals surface area contributed by atoms with Crippen LogP contribution < -0.4 is 4.72 Å². The molecule has 0 spiro atoms. The molecule has 2 rings (SSSR count). The van der Waals surface area contributed by atoms with Gasteiger partial charge in [-0.05, 0) is 31.4 Å². The van der Waals surface area contributed by atoms with Gasteiger partial charge in [0.1, 0.15) is 5.82 Å². The number of piperidine rings is 1. The van der Waals surface area contributed by atoms with Gasteiger partial charge in [-0.2, -0.15) is 0 Å². The normalized spacial score (nSPS) is 19.2. The van der Waals surface area contributed by atoms with Crippen molar-refractivity contribution in [1.82, 2.24) is 9.62 Å². The Balaban J connectivity index is 2.04. The summed E-state index contributed by atoms with van der Waals surface area (Å²) in [5.41, 5.74) is 0.351. The average molecular weight is 340 g/mol. The quantitative estimate of drug-likeness (QED) is 0.831. The second kappa shape index (κ2) is 7.70. The van der Waals surface area contributed by atoms with Gasteiger partial charge in [-0.15, -0.1) is 0 Å². The minimum Gasteiger partial charge on any atom is -0.335 e. The van der Waals surface area contributed by atoms with Crippen molar-refractivity contribution in [2.45, 2.75) is 25.3 Å². The molecule has 1 amide bonds. The standard InChI is InChI=1S/C16H21FN2O3S/c1-23(21,22)18-12-14-7-4-5-11-19(14)16(20)10-9-13-6-2-3-8-15(13)17/h2-3,6,8-10,14,18H,4-5,7,11-12H2,1H3/b10-9-/t14-/m0/s1. The van der Waals surface area contributed by atoms with E-state index < -0.39 is 10.0 Å². The highest BCUT2D eigenvalue weighted by Gasteiger charge is 2.25. The van der Waals surface area contributed by atoms with E-state index in [9.17, 15) is 17.6 Å². The number of benzene rings is 1. The van der Waals surface area contributed by atoms with Gasteiger partial charge in [0.15, 0.2) is 0 Å². The first-order valence-electron chi connectivity index (χ1n) is 7.54. The fourth-order valence-corrected chi connectivity index (χ4v) is 3.11. The van der Waals surface area contributed by atoms with E-state index in [2.05, 4.69) is 4.72 Å². The highest BCUT2D eigenvalue weighted by Crippen LogP contribution is 2.18. The maximum atomic E-state index is 13.6. The number of likely N-dealkylation sites (tertiary alicyclic amines) is 1. The Morgan fingerprint density at radius 2 is 2.13 bits per heavy atom. The first-order chi connectivity index (χ1) is 10.9. The summed E-state index contributed by atoms with van der Waals surface area (Å²) in [5, 5.41) is 0. The minimum absolute atomic E-state index is 0.170. The van der Waals surface area contributed by atoms with Crippen LogP contribution in [0, 0.1) is 5.82 Å². The Kier molecular flexibility index (Phi) is 5.90. The number of nitrogens with zero attached hydrogens (tertiary/aromatic N) is 1. The van der Waals surface area contributed by atoms with E-state index >= 15 is 0 Å². The van der Waals surface area contributed by atoms with E-state index in [-0.39, 0.29) is 24.3 Å². The molecular weight excluding hydrogens is 319 g/mol. The first-order valence-corrected chi connectivity index (χ1v) is 9.44. The van der Waals surface area contributed by atoms with Crippen LogP contribution in [-0.4, -0.2) is 44.6 Å². The Hall–Kier alpha value is -1.73. The summed E-state index contributed by atoms with van der Waals surface area (Å²) in [6.07, 6.45) is 6.48. The average Bonchev–Trinajstić information content (AvgIpc) is 2.51. The summed E-state index contributed by atoms with van der Waals surface area (Å²) < 4.78 is 38.5. The number of rotatable bonds is 5. The van der Waals surface area contributed by atoms with E-state index in [1.54, 1.807) is 23.1 Å². The molecule has 23 heavy (non-hydrogen) atoms. The molecule has 1 heterocycles. The Bertz CT molecular complexity index is 688. The Labute approximate surface area is 136 Å². The summed E-state index contributed by atoms with van der Waals surface area (Å²) in [5.74, 6) is -0.612. The summed E-state index contributed by atoms with van der Waals surface area (Å²) in [4.78, 5) is 14.0. The number of carbonyl (C=O) groups excluding carboxylic acids is 1. The van der Waals surface area contributed by atoms with Crippen molar-refractivity contribution in [2.75, 3.05) is 19.3 Å². The first kappa shape index (κ1) is 17.6. The molecular formula is C16H21FN2O3S. The molecule has 1 aliphatic rings. The zero-order valence-corrected chi connectivity index (χ0v) is 13.9. The smallest absolute Gasteiger partial charge is 0.246 e. The molecule has 0 radical (unpaired) electrons. The van der Waals surface area contributed by atoms with Gasteiger partial charge in [0.2, 0.25) is 15.9 Å². The van der Waals surface area contributed by atoms with Crippen molar-refractivity contribution >= 4 is 22.0 Å². The third kappa shape index (κ3) is 5.44. The van der Waals surface area contributed by atoms with Crippen molar-refractivity contribution in [3.05, 3.63) is 41.7 Å². The molecule has 0 unspecified atom stereocenters. The van der Waals surface area contributed by atoms with E-state index in [1.165, 1.54) is 18.2 Å². The lowest BCUT2D eigenvalue weighted by atomic mass is 10.0. The van der Waals surface area contributed by atoms with Crippen molar-refractivity contribution in [2.24, 2.45) is 0 Å². The highest BCUT2D eigenvalue weighted by atomic mass is 32.2. The van der Waals surface area contributed by atoms with Crippen LogP contribution in [0.1, 0.15) is 24.8 Å². The molecule has 1 saturated heterocycles. The van der Waals surface area contributed by atoms with Crippen molar-refractivity contribution < 1.29 is 17.6 Å². The molecule has 0 saturated carbocycles. The van der Waals surface area contributed by atoms with Crippen LogP contribution in [-0.2, 0) is 14.8 Å². The molecule has 1 aliphatic heterocycles. The summed E-state index contributed by atoms with van der Waals surface area (Å²) in [7, 11) is -3.29. The molecule has 126 valence electrons. The van der Waals surface area contributed by atoms with Gasteiger partial charge in [0.25, 0.3) is 0 Å². The van der Waals surface area contributed by atoms with Crippen LogP contribution in [0.2, 0.25) is 0 Å². The number of sulfonamides is 1. The summed E-state index contributed by atoms with van der Waals surface area (Å²) >= 11 is 0. The van der Waals surface area contributed by atoms with Crippen LogP contribution in [0.3, 0.4) is 0 Å². The predicted octanol–water partition coefficient (Wildman–Crippen LogP) is 1.77. The Morgan fingerprint density at radius 1 is 1.39 bits per heavy atom. The predicted molar refractivity (Wildman–Crippen MR) is 87.6 cm³/mol. The monoisotopic (exact) mass is 340 g/mol. The minimum atomic E-state index is -3.29. The topological polar surface area (TPSA) is 66.5 Å². The number of hydrogen-bond donors (Lipinski definition) is 1.